The molecule has 0 saturated carbocycles. The average Bonchev–Trinajstić information content (AvgIpc) is 2.79. The summed E-state index contributed by atoms with van der Waals surface area (Å²) in [5.74, 6) is -1.52. The molecular formula is C27H28O5. The molecule has 0 aromatic rings. The van der Waals surface area contributed by atoms with E-state index in [9.17, 15) is 14.7 Å². The van der Waals surface area contributed by atoms with E-state index in [4.69, 9.17) is 9.47 Å². The zero-order chi connectivity index (χ0) is 23.7. The Balaban J connectivity index is 4.70. The molecule has 0 amide bonds. The van der Waals surface area contributed by atoms with Crippen molar-refractivity contribution in [2.24, 2.45) is 0 Å². The number of hydrogen-bond acceptors (Lipinski definition) is 5. The van der Waals surface area contributed by atoms with Crippen molar-refractivity contribution in [1.82, 2.24) is 0 Å². The van der Waals surface area contributed by atoms with E-state index in [0.717, 1.165) is 50.7 Å². The monoisotopic (exact) mass is 432 g/mol. The smallest absolute Gasteiger partial charge is 0.339 e. The highest BCUT2D eigenvalue weighted by Crippen LogP contribution is 1.96. The van der Waals surface area contributed by atoms with Gasteiger partial charge in [-0.2, -0.15) is 0 Å². The molecule has 32 heavy (non-hydrogen) atoms. The standard InChI is InChI=1S/C27H28O5/c1-3-5-7-9-11-13-15-17-19-21-26(29)31-24-25(23-28)32-27(30)22-20-18-16-14-12-10-8-6-4-2/h9-10,21-22,25,28H,3-8,23-24H2,1-2H3/t25-/m0/s1. The normalized spacial score (nSPS) is 8.97. The largest absolute Gasteiger partial charge is 0.458 e. The summed E-state index contributed by atoms with van der Waals surface area (Å²) in [5.41, 5.74) is 25.7. The van der Waals surface area contributed by atoms with Crippen LogP contribution in [0.2, 0.25) is 0 Å². The Hall–Kier alpha value is -3.82. The fourth-order valence-electron chi connectivity index (χ4n) is 1.79. The number of hydrogen-bond donors (Lipinski definition) is 1. The molecule has 5 nitrogen and oxygen atoms in total. The van der Waals surface area contributed by atoms with Gasteiger partial charge in [-0.3, -0.25) is 0 Å². The fourth-order valence-corrected chi connectivity index (χ4v) is 1.79. The summed E-state index contributed by atoms with van der Waals surface area (Å²) < 4.78 is 9.82. The molecule has 0 fully saturated rings. The molecule has 0 spiro atoms. The lowest BCUT2D eigenvalue weighted by Gasteiger charge is -2.13. The molecule has 0 unspecified atom stereocenters. The SMILES string of the molecule is CCCCC=C=C=C=C=C=CC(=O)OC[C@H](CO)OC(=O)C=C=C=C=C=C=CCCCC. The minimum Gasteiger partial charge on any atom is -0.458 e. The Morgan fingerprint density at radius 2 is 1.28 bits per heavy atom. The summed E-state index contributed by atoms with van der Waals surface area (Å²) in [6.45, 7) is 3.36. The van der Waals surface area contributed by atoms with Gasteiger partial charge in [0, 0.05) is 0 Å². The fraction of sp³-hybridized carbons (Fsp3) is 0.407. The second-order valence-corrected chi connectivity index (χ2v) is 6.18. The first-order chi connectivity index (χ1) is 15.6. The Bertz CT molecular complexity index is 1010. The minimum atomic E-state index is -1.02. The number of aliphatic hydroxyl groups is 1. The van der Waals surface area contributed by atoms with Crippen LogP contribution < -0.4 is 0 Å². The number of allylic oxidation sites excluding steroid dienone is 2. The van der Waals surface area contributed by atoms with Crippen LogP contribution in [-0.4, -0.2) is 36.4 Å². The molecule has 0 bridgehead atoms. The number of carbonyl (C=O) groups excluding carboxylic acids is 2. The van der Waals surface area contributed by atoms with Crippen LogP contribution in [0.3, 0.4) is 0 Å². The molecule has 0 aliphatic rings. The lowest BCUT2D eigenvalue weighted by Crippen LogP contribution is -2.27. The summed E-state index contributed by atoms with van der Waals surface area (Å²) in [6.07, 6.45) is 10.8. The van der Waals surface area contributed by atoms with E-state index < -0.39 is 24.6 Å². The first kappa shape index (κ1) is 28.2. The van der Waals surface area contributed by atoms with Gasteiger partial charge in [0.2, 0.25) is 0 Å². The van der Waals surface area contributed by atoms with E-state index in [1.54, 1.807) is 0 Å². The second kappa shape index (κ2) is 21.9. The number of ether oxygens (including phenoxy) is 2. The molecule has 166 valence electrons. The summed E-state index contributed by atoms with van der Waals surface area (Å²) in [4.78, 5) is 23.2. The highest BCUT2D eigenvalue weighted by Gasteiger charge is 2.13. The maximum atomic E-state index is 11.7. The Morgan fingerprint density at radius 3 is 1.78 bits per heavy atom. The molecule has 0 saturated heterocycles. The highest BCUT2D eigenvalue weighted by molar-refractivity contribution is 5.82. The minimum absolute atomic E-state index is 0.322. The topological polar surface area (TPSA) is 72.8 Å². The summed E-state index contributed by atoms with van der Waals surface area (Å²) in [7, 11) is 0. The molecule has 5 heteroatoms. The van der Waals surface area contributed by atoms with Crippen LogP contribution in [0.4, 0.5) is 0 Å². The Labute approximate surface area is 189 Å². The lowest BCUT2D eigenvalue weighted by molar-refractivity contribution is -0.154. The van der Waals surface area contributed by atoms with Gasteiger partial charge in [0.1, 0.15) is 6.61 Å². The van der Waals surface area contributed by atoms with Crippen LogP contribution in [-0.2, 0) is 19.1 Å². The zero-order valence-corrected chi connectivity index (χ0v) is 18.6. The van der Waals surface area contributed by atoms with Gasteiger partial charge in [-0.15, -0.1) is 0 Å². The zero-order valence-electron chi connectivity index (χ0n) is 18.6. The van der Waals surface area contributed by atoms with Crippen molar-refractivity contribution in [1.29, 1.82) is 0 Å². The molecule has 0 aliphatic heterocycles. The molecule has 0 heterocycles. The van der Waals surface area contributed by atoms with Crippen molar-refractivity contribution >= 4 is 11.9 Å². The third-order valence-corrected chi connectivity index (χ3v) is 3.42. The van der Waals surface area contributed by atoms with Gasteiger partial charge in [0.25, 0.3) is 0 Å². The van der Waals surface area contributed by atoms with E-state index in [-0.39, 0.29) is 6.61 Å². The number of unbranched alkanes of at least 4 members (excludes halogenated alkanes) is 4. The number of carbonyl (C=O) groups is 2. The third kappa shape index (κ3) is 19.5. The van der Waals surface area contributed by atoms with Gasteiger partial charge < -0.3 is 14.6 Å². The van der Waals surface area contributed by atoms with E-state index in [0.29, 0.717) is 0 Å². The molecule has 1 atom stereocenters. The molecule has 0 aromatic carbocycles. The van der Waals surface area contributed by atoms with E-state index in [2.05, 4.69) is 71.2 Å². The molecule has 1 N–H and O–H groups in total. The average molecular weight is 433 g/mol. The van der Waals surface area contributed by atoms with Gasteiger partial charge >= 0.3 is 11.9 Å². The van der Waals surface area contributed by atoms with Crippen molar-refractivity contribution in [3.8, 4) is 0 Å². The Kier molecular flexibility index (Phi) is 19.3. The maximum absolute atomic E-state index is 11.7. The van der Waals surface area contributed by atoms with Crippen molar-refractivity contribution < 1.29 is 24.2 Å². The van der Waals surface area contributed by atoms with Crippen molar-refractivity contribution in [3.05, 3.63) is 81.6 Å². The van der Waals surface area contributed by atoms with Gasteiger partial charge in [-0.1, -0.05) is 49.6 Å². The number of esters is 2. The molecule has 0 aromatic heterocycles. The van der Waals surface area contributed by atoms with Crippen LogP contribution in [0.5, 0.6) is 0 Å². The van der Waals surface area contributed by atoms with Crippen molar-refractivity contribution in [2.45, 2.75) is 58.5 Å². The summed E-state index contributed by atoms with van der Waals surface area (Å²) >= 11 is 0. The van der Waals surface area contributed by atoms with Crippen LogP contribution in [0.25, 0.3) is 0 Å². The molecule has 0 rings (SSSR count). The number of rotatable bonds is 12. The molecule has 0 aliphatic carbocycles. The summed E-state index contributed by atoms with van der Waals surface area (Å²) in [6, 6.07) is 0. The molecular weight excluding hydrogens is 404 g/mol. The second-order valence-electron chi connectivity index (χ2n) is 6.18. The van der Waals surface area contributed by atoms with Crippen LogP contribution in [0, 0.1) is 0 Å². The first-order valence-corrected chi connectivity index (χ1v) is 10.4. The van der Waals surface area contributed by atoms with Crippen LogP contribution in [0.1, 0.15) is 52.4 Å². The lowest BCUT2D eigenvalue weighted by atomic mass is 10.2. The van der Waals surface area contributed by atoms with Crippen molar-refractivity contribution in [2.75, 3.05) is 13.2 Å². The first-order valence-electron chi connectivity index (χ1n) is 10.4. The van der Waals surface area contributed by atoms with E-state index in [1.807, 2.05) is 12.2 Å². The van der Waals surface area contributed by atoms with Gasteiger partial charge in [0.15, 0.2) is 6.10 Å². The quantitative estimate of drug-likeness (QED) is 0.213. The van der Waals surface area contributed by atoms with E-state index in [1.165, 1.54) is 0 Å². The van der Waals surface area contributed by atoms with Crippen molar-refractivity contribution in [3.63, 3.8) is 0 Å². The predicted octanol–water partition coefficient (Wildman–Crippen LogP) is 4.48. The molecule has 0 radical (unpaired) electrons. The predicted molar refractivity (Wildman–Crippen MR) is 120 cm³/mol. The highest BCUT2D eigenvalue weighted by atomic mass is 16.6. The van der Waals surface area contributed by atoms with Gasteiger partial charge in [-0.05, 0) is 72.2 Å². The van der Waals surface area contributed by atoms with Crippen LogP contribution in [0.15, 0.2) is 81.6 Å². The number of aliphatic hydroxyl groups excluding tert-OH is 1. The van der Waals surface area contributed by atoms with Crippen LogP contribution >= 0.6 is 0 Å². The van der Waals surface area contributed by atoms with E-state index >= 15 is 0 Å². The van der Waals surface area contributed by atoms with Gasteiger partial charge in [0.05, 0.1) is 18.8 Å². The third-order valence-electron chi connectivity index (χ3n) is 3.42. The van der Waals surface area contributed by atoms with Gasteiger partial charge in [-0.25, -0.2) is 9.59 Å². The Morgan fingerprint density at radius 1 is 0.781 bits per heavy atom. The summed E-state index contributed by atoms with van der Waals surface area (Å²) in [5, 5.41) is 9.25. The maximum Gasteiger partial charge on any atom is 0.339 e.